The van der Waals surface area contributed by atoms with Crippen LogP contribution in [0.3, 0.4) is 0 Å². The molecule has 1 aliphatic rings. The van der Waals surface area contributed by atoms with Gasteiger partial charge in [0.25, 0.3) is 0 Å². The average molecular weight is 301 g/mol. The minimum absolute atomic E-state index is 0.137. The molecule has 0 bridgehead atoms. The Bertz CT molecular complexity index is 339. The molecule has 94 valence electrons. The number of ether oxygens (including phenoxy) is 3. The normalized spacial score (nSPS) is 20.0. The van der Waals surface area contributed by atoms with Crippen LogP contribution in [-0.2, 0) is 10.1 Å². The third kappa shape index (κ3) is 3.13. The van der Waals surface area contributed by atoms with Crippen molar-refractivity contribution in [1.82, 2.24) is 0 Å². The average Bonchev–Trinajstić information content (AvgIpc) is 2.40. The fourth-order valence-corrected chi connectivity index (χ4v) is 2.37. The molecule has 1 fully saturated rings. The molecule has 0 spiro atoms. The highest BCUT2D eigenvalue weighted by Crippen LogP contribution is 2.34. The number of rotatable bonds is 4. The van der Waals surface area contributed by atoms with E-state index in [1.165, 1.54) is 0 Å². The van der Waals surface area contributed by atoms with Gasteiger partial charge in [0.1, 0.15) is 6.10 Å². The molecule has 1 aromatic carbocycles. The molecule has 2 rings (SSSR count). The lowest BCUT2D eigenvalue weighted by Gasteiger charge is -2.25. The summed E-state index contributed by atoms with van der Waals surface area (Å²) in [5.41, 5.74) is 1.11. The molecular formula is C13H17BrO3. The van der Waals surface area contributed by atoms with Crippen molar-refractivity contribution in [1.29, 1.82) is 0 Å². The van der Waals surface area contributed by atoms with Gasteiger partial charge in [-0.1, -0.05) is 28.1 Å². The summed E-state index contributed by atoms with van der Waals surface area (Å²) in [6, 6.07) is 5.93. The van der Waals surface area contributed by atoms with Crippen molar-refractivity contribution in [2.24, 2.45) is 0 Å². The summed E-state index contributed by atoms with van der Waals surface area (Å²) in [7, 11) is 1.66. The Morgan fingerprint density at radius 1 is 1.47 bits per heavy atom. The molecule has 1 atom stereocenters. The van der Waals surface area contributed by atoms with Crippen LogP contribution in [-0.4, -0.2) is 26.4 Å². The van der Waals surface area contributed by atoms with Crippen LogP contribution < -0.4 is 9.47 Å². The van der Waals surface area contributed by atoms with E-state index >= 15 is 0 Å². The van der Waals surface area contributed by atoms with Crippen LogP contribution >= 0.6 is 15.9 Å². The molecule has 0 saturated carbocycles. The molecule has 0 aromatic heterocycles. The molecule has 1 unspecified atom stereocenters. The van der Waals surface area contributed by atoms with Gasteiger partial charge in [-0.2, -0.15) is 0 Å². The molecular weight excluding hydrogens is 284 g/mol. The molecule has 0 radical (unpaired) electrons. The second-order valence-electron chi connectivity index (χ2n) is 4.04. The Morgan fingerprint density at radius 2 is 2.35 bits per heavy atom. The topological polar surface area (TPSA) is 27.7 Å². The number of halogens is 1. The van der Waals surface area contributed by atoms with Crippen molar-refractivity contribution >= 4 is 15.9 Å². The van der Waals surface area contributed by atoms with Crippen LogP contribution in [0.5, 0.6) is 11.5 Å². The van der Waals surface area contributed by atoms with Crippen LogP contribution in [0.4, 0.5) is 0 Å². The highest BCUT2D eigenvalue weighted by Gasteiger charge is 2.19. The minimum Gasteiger partial charge on any atom is -0.493 e. The number of alkyl halides is 1. The minimum atomic E-state index is 0.137. The van der Waals surface area contributed by atoms with E-state index in [2.05, 4.69) is 15.9 Å². The van der Waals surface area contributed by atoms with Gasteiger partial charge in [0.05, 0.1) is 13.7 Å². The molecule has 3 nitrogen and oxygen atoms in total. The maximum atomic E-state index is 6.02. The number of para-hydroxylation sites is 1. The van der Waals surface area contributed by atoms with Crippen molar-refractivity contribution in [2.75, 3.05) is 20.3 Å². The van der Waals surface area contributed by atoms with E-state index < -0.39 is 0 Å². The van der Waals surface area contributed by atoms with Crippen LogP contribution in [0.1, 0.15) is 18.4 Å². The Kier molecular flexibility index (Phi) is 4.68. The maximum Gasteiger partial charge on any atom is 0.165 e. The van der Waals surface area contributed by atoms with Gasteiger partial charge in [-0.25, -0.2) is 0 Å². The molecule has 4 heteroatoms. The van der Waals surface area contributed by atoms with E-state index in [1.807, 2.05) is 18.2 Å². The summed E-state index contributed by atoms with van der Waals surface area (Å²) in [5, 5.41) is 0.757. The highest BCUT2D eigenvalue weighted by atomic mass is 79.9. The first-order valence-corrected chi connectivity index (χ1v) is 6.93. The Balaban J connectivity index is 2.16. The van der Waals surface area contributed by atoms with Crippen LogP contribution in [0.15, 0.2) is 18.2 Å². The first kappa shape index (κ1) is 12.7. The van der Waals surface area contributed by atoms with Crippen molar-refractivity contribution < 1.29 is 14.2 Å². The van der Waals surface area contributed by atoms with E-state index in [0.29, 0.717) is 6.61 Å². The lowest BCUT2D eigenvalue weighted by molar-refractivity contribution is 0.00613. The van der Waals surface area contributed by atoms with Crippen molar-refractivity contribution in [3.8, 4) is 11.5 Å². The molecule has 0 amide bonds. The molecule has 1 saturated heterocycles. The van der Waals surface area contributed by atoms with E-state index in [0.717, 1.165) is 41.8 Å². The van der Waals surface area contributed by atoms with Gasteiger partial charge in [0.2, 0.25) is 0 Å². The van der Waals surface area contributed by atoms with Gasteiger partial charge in [0.15, 0.2) is 11.5 Å². The summed E-state index contributed by atoms with van der Waals surface area (Å²) >= 11 is 3.47. The monoisotopic (exact) mass is 300 g/mol. The van der Waals surface area contributed by atoms with Crippen LogP contribution in [0.25, 0.3) is 0 Å². The van der Waals surface area contributed by atoms with Crippen LogP contribution in [0, 0.1) is 0 Å². The van der Waals surface area contributed by atoms with E-state index in [-0.39, 0.29) is 6.10 Å². The van der Waals surface area contributed by atoms with Gasteiger partial charge >= 0.3 is 0 Å². The first-order chi connectivity index (χ1) is 8.35. The smallest absolute Gasteiger partial charge is 0.165 e. The highest BCUT2D eigenvalue weighted by molar-refractivity contribution is 9.08. The SMILES string of the molecule is COc1cccc(CBr)c1OC1CCCOC1. The predicted octanol–water partition coefficient (Wildman–Crippen LogP) is 3.15. The summed E-state index contributed by atoms with van der Waals surface area (Å²) < 4.78 is 16.8. The zero-order valence-corrected chi connectivity index (χ0v) is 11.5. The van der Waals surface area contributed by atoms with E-state index in [1.54, 1.807) is 7.11 Å². The third-order valence-corrected chi connectivity index (χ3v) is 3.43. The quantitative estimate of drug-likeness (QED) is 0.800. The van der Waals surface area contributed by atoms with Crippen LogP contribution in [0.2, 0.25) is 0 Å². The first-order valence-electron chi connectivity index (χ1n) is 5.81. The van der Waals surface area contributed by atoms with Gasteiger partial charge < -0.3 is 14.2 Å². The lowest BCUT2D eigenvalue weighted by Crippen LogP contribution is -2.28. The van der Waals surface area contributed by atoms with Gasteiger partial charge in [-0.15, -0.1) is 0 Å². The standard InChI is InChI=1S/C13H17BrO3/c1-15-12-6-2-4-10(8-14)13(12)17-11-5-3-7-16-9-11/h2,4,6,11H,3,5,7-9H2,1H3. The zero-order valence-electron chi connectivity index (χ0n) is 9.95. The maximum absolute atomic E-state index is 6.02. The molecule has 1 heterocycles. The Labute approximate surface area is 110 Å². The number of benzene rings is 1. The summed E-state index contributed by atoms with van der Waals surface area (Å²) in [6.45, 7) is 1.51. The number of hydrogen-bond donors (Lipinski definition) is 0. The fraction of sp³-hybridized carbons (Fsp3) is 0.538. The fourth-order valence-electron chi connectivity index (χ4n) is 1.93. The number of methoxy groups -OCH3 is 1. The largest absolute Gasteiger partial charge is 0.493 e. The number of hydrogen-bond acceptors (Lipinski definition) is 3. The summed E-state index contributed by atoms with van der Waals surface area (Å²) in [4.78, 5) is 0. The van der Waals surface area contributed by atoms with E-state index in [4.69, 9.17) is 14.2 Å². The molecule has 1 aliphatic heterocycles. The summed E-state index contributed by atoms with van der Waals surface area (Å²) in [6.07, 6.45) is 2.24. The third-order valence-electron chi connectivity index (χ3n) is 2.83. The molecule has 17 heavy (non-hydrogen) atoms. The lowest BCUT2D eigenvalue weighted by atomic mass is 10.1. The molecule has 0 aliphatic carbocycles. The van der Waals surface area contributed by atoms with Gasteiger partial charge in [-0.3, -0.25) is 0 Å². The molecule has 1 aromatic rings. The predicted molar refractivity (Wildman–Crippen MR) is 70.1 cm³/mol. The second kappa shape index (κ2) is 6.26. The van der Waals surface area contributed by atoms with Crippen molar-refractivity contribution in [3.63, 3.8) is 0 Å². The van der Waals surface area contributed by atoms with E-state index in [9.17, 15) is 0 Å². The molecule has 0 N–H and O–H groups in total. The van der Waals surface area contributed by atoms with Gasteiger partial charge in [0, 0.05) is 17.5 Å². The Hall–Kier alpha value is -0.740. The van der Waals surface area contributed by atoms with Crippen molar-refractivity contribution in [3.05, 3.63) is 23.8 Å². The second-order valence-corrected chi connectivity index (χ2v) is 4.60. The van der Waals surface area contributed by atoms with Crippen molar-refractivity contribution in [2.45, 2.75) is 24.3 Å². The summed E-state index contributed by atoms with van der Waals surface area (Å²) in [5.74, 6) is 1.62. The van der Waals surface area contributed by atoms with Gasteiger partial charge in [-0.05, 0) is 18.9 Å². The Morgan fingerprint density at radius 3 is 3.00 bits per heavy atom. The zero-order chi connectivity index (χ0) is 12.1.